The monoisotopic (exact) mass is 380 g/mol. The molecule has 0 saturated heterocycles. The summed E-state index contributed by atoms with van der Waals surface area (Å²) in [4.78, 5) is 14.9. The summed E-state index contributed by atoms with van der Waals surface area (Å²) in [5, 5.41) is 3.11. The molecule has 0 heterocycles. The Kier molecular flexibility index (Phi) is 7.10. The second-order valence-electron chi connectivity index (χ2n) is 8.01. The molecule has 1 N–H and O–H groups in total. The van der Waals surface area contributed by atoms with Gasteiger partial charge < -0.3 is 15.0 Å². The molecule has 1 fully saturated rings. The van der Waals surface area contributed by atoms with Crippen LogP contribution in [0.25, 0.3) is 0 Å². The van der Waals surface area contributed by atoms with Crippen molar-refractivity contribution in [1.82, 2.24) is 10.2 Å². The van der Waals surface area contributed by atoms with Crippen LogP contribution in [0.3, 0.4) is 0 Å². The van der Waals surface area contributed by atoms with Crippen molar-refractivity contribution in [2.24, 2.45) is 11.8 Å². The predicted molar refractivity (Wildman–Crippen MR) is 114 cm³/mol. The molecular weight excluding hydrogens is 348 g/mol. The Bertz CT molecular complexity index is 752. The zero-order chi connectivity index (χ0) is 19.9. The Morgan fingerprint density at radius 1 is 1.04 bits per heavy atom. The maximum absolute atomic E-state index is 12.5. The van der Waals surface area contributed by atoms with E-state index < -0.39 is 0 Å². The highest BCUT2D eigenvalue weighted by atomic mass is 16.5. The molecule has 28 heavy (non-hydrogen) atoms. The first kappa shape index (κ1) is 20.4. The molecule has 1 saturated carbocycles. The van der Waals surface area contributed by atoms with Crippen LogP contribution >= 0.6 is 0 Å². The second-order valence-corrected chi connectivity index (χ2v) is 8.01. The first-order valence-electron chi connectivity index (χ1n) is 10.2. The van der Waals surface area contributed by atoms with E-state index in [0.717, 1.165) is 19.4 Å². The van der Waals surface area contributed by atoms with Crippen LogP contribution < -0.4 is 10.1 Å². The summed E-state index contributed by atoms with van der Waals surface area (Å²) in [6.07, 6.45) is 4.72. The number of amides is 1. The molecule has 0 bridgehead atoms. The molecule has 0 radical (unpaired) electrons. The fourth-order valence-electron chi connectivity index (χ4n) is 4.51. The average Bonchev–Trinajstić information content (AvgIpc) is 2.73. The zero-order valence-corrected chi connectivity index (χ0v) is 17.2. The van der Waals surface area contributed by atoms with Crippen molar-refractivity contribution in [1.29, 1.82) is 0 Å². The molecule has 1 unspecified atom stereocenters. The van der Waals surface area contributed by atoms with Gasteiger partial charge in [0.2, 0.25) is 0 Å². The van der Waals surface area contributed by atoms with E-state index >= 15 is 0 Å². The van der Waals surface area contributed by atoms with Gasteiger partial charge in [0.15, 0.2) is 0 Å². The first-order valence-corrected chi connectivity index (χ1v) is 10.2. The Labute approximate surface area is 168 Å². The van der Waals surface area contributed by atoms with E-state index in [1.165, 1.54) is 18.4 Å². The molecule has 2 aromatic carbocycles. The van der Waals surface area contributed by atoms with E-state index in [2.05, 4.69) is 54.6 Å². The van der Waals surface area contributed by atoms with E-state index in [1.807, 2.05) is 24.3 Å². The van der Waals surface area contributed by atoms with Crippen molar-refractivity contribution >= 4 is 5.91 Å². The number of nitrogens with zero attached hydrogens (tertiary/aromatic N) is 1. The molecule has 0 spiro atoms. The highest BCUT2D eigenvalue weighted by molar-refractivity contribution is 5.96. The van der Waals surface area contributed by atoms with Crippen molar-refractivity contribution in [3.05, 3.63) is 65.7 Å². The highest BCUT2D eigenvalue weighted by Gasteiger charge is 2.30. The standard InChI is InChI=1S/C24H32N2O2/c1-26(2)23(19-9-5-4-6-10-19)20-15-13-18(14-16-20)17-25-24(27)21-11-7-8-12-22(21)28-3/h4-12,18,20,23H,13-17H2,1-3H3,(H,25,27). The van der Waals surface area contributed by atoms with Gasteiger partial charge in [-0.2, -0.15) is 0 Å². The van der Waals surface area contributed by atoms with Crippen molar-refractivity contribution in [2.45, 2.75) is 31.7 Å². The smallest absolute Gasteiger partial charge is 0.255 e. The summed E-state index contributed by atoms with van der Waals surface area (Å²) in [6, 6.07) is 18.7. The Morgan fingerprint density at radius 2 is 1.68 bits per heavy atom. The van der Waals surface area contributed by atoms with E-state index in [0.29, 0.717) is 29.2 Å². The summed E-state index contributed by atoms with van der Waals surface area (Å²) >= 11 is 0. The van der Waals surface area contributed by atoms with Gasteiger partial charge in [0.1, 0.15) is 5.75 Å². The normalized spacial score (nSPS) is 20.6. The molecule has 0 aromatic heterocycles. The van der Waals surface area contributed by atoms with Crippen LogP contribution in [0.5, 0.6) is 5.75 Å². The number of hydrogen-bond acceptors (Lipinski definition) is 3. The minimum Gasteiger partial charge on any atom is -0.496 e. The maximum atomic E-state index is 12.5. The number of hydrogen-bond donors (Lipinski definition) is 1. The molecule has 4 nitrogen and oxygen atoms in total. The fourth-order valence-corrected chi connectivity index (χ4v) is 4.51. The van der Waals surface area contributed by atoms with E-state index in [1.54, 1.807) is 7.11 Å². The lowest BCUT2D eigenvalue weighted by Crippen LogP contribution is -2.34. The van der Waals surface area contributed by atoms with Crippen molar-refractivity contribution in [3.8, 4) is 5.75 Å². The summed E-state index contributed by atoms with van der Waals surface area (Å²) in [5.74, 6) is 1.79. The van der Waals surface area contributed by atoms with Crippen LogP contribution in [0.1, 0.15) is 47.6 Å². The lowest BCUT2D eigenvalue weighted by atomic mass is 9.76. The Morgan fingerprint density at radius 3 is 2.32 bits per heavy atom. The van der Waals surface area contributed by atoms with Gasteiger partial charge in [0.05, 0.1) is 12.7 Å². The lowest BCUT2D eigenvalue weighted by molar-refractivity contribution is 0.0931. The Balaban J connectivity index is 1.53. The number of carbonyl (C=O) groups is 1. The minimum absolute atomic E-state index is 0.0463. The van der Waals surface area contributed by atoms with Gasteiger partial charge in [-0.1, -0.05) is 42.5 Å². The van der Waals surface area contributed by atoms with Gasteiger partial charge in [-0.3, -0.25) is 4.79 Å². The largest absolute Gasteiger partial charge is 0.496 e. The van der Waals surface area contributed by atoms with Gasteiger partial charge in [0, 0.05) is 12.6 Å². The van der Waals surface area contributed by atoms with E-state index in [4.69, 9.17) is 4.74 Å². The molecule has 3 rings (SSSR count). The number of rotatable bonds is 7. The number of para-hydroxylation sites is 1. The number of nitrogens with one attached hydrogen (secondary N) is 1. The number of methoxy groups -OCH3 is 1. The van der Waals surface area contributed by atoms with Crippen molar-refractivity contribution in [3.63, 3.8) is 0 Å². The third-order valence-electron chi connectivity index (χ3n) is 5.94. The van der Waals surface area contributed by atoms with Gasteiger partial charge in [0.25, 0.3) is 5.91 Å². The molecule has 0 aliphatic heterocycles. The highest BCUT2D eigenvalue weighted by Crippen LogP contribution is 2.39. The molecule has 150 valence electrons. The van der Waals surface area contributed by atoms with Gasteiger partial charge in [-0.05, 0) is 69.3 Å². The summed E-state index contributed by atoms with van der Waals surface area (Å²) in [6.45, 7) is 0.738. The first-order chi connectivity index (χ1) is 13.6. The topological polar surface area (TPSA) is 41.6 Å². The molecule has 1 aliphatic carbocycles. The van der Waals surface area contributed by atoms with E-state index in [9.17, 15) is 4.79 Å². The Hall–Kier alpha value is -2.33. The zero-order valence-electron chi connectivity index (χ0n) is 17.2. The van der Waals surface area contributed by atoms with Crippen LogP contribution in [0.2, 0.25) is 0 Å². The number of ether oxygens (including phenoxy) is 1. The number of benzene rings is 2. The molecule has 1 atom stereocenters. The lowest BCUT2D eigenvalue weighted by Gasteiger charge is -2.37. The van der Waals surface area contributed by atoms with Crippen LogP contribution in [0.15, 0.2) is 54.6 Å². The van der Waals surface area contributed by atoms with Crippen molar-refractivity contribution < 1.29 is 9.53 Å². The van der Waals surface area contributed by atoms with Crippen LogP contribution in [0.4, 0.5) is 0 Å². The molecule has 1 amide bonds. The fraction of sp³-hybridized carbons (Fsp3) is 0.458. The van der Waals surface area contributed by atoms with Crippen LogP contribution in [-0.4, -0.2) is 38.6 Å². The van der Waals surface area contributed by atoms with Gasteiger partial charge in [-0.25, -0.2) is 0 Å². The van der Waals surface area contributed by atoms with Crippen LogP contribution in [0, 0.1) is 11.8 Å². The quantitative estimate of drug-likeness (QED) is 0.767. The van der Waals surface area contributed by atoms with Crippen molar-refractivity contribution in [2.75, 3.05) is 27.7 Å². The van der Waals surface area contributed by atoms with Gasteiger partial charge in [-0.15, -0.1) is 0 Å². The predicted octanol–water partition coefficient (Wildman–Crippen LogP) is 4.53. The molecule has 4 heteroatoms. The average molecular weight is 381 g/mol. The molecule has 1 aliphatic rings. The molecule has 2 aromatic rings. The van der Waals surface area contributed by atoms with Gasteiger partial charge >= 0.3 is 0 Å². The maximum Gasteiger partial charge on any atom is 0.255 e. The van der Waals surface area contributed by atoms with Crippen LogP contribution in [-0.2, 0) is 0 Å². The summed E-state index contributed by atoms with van der Waals surface area (Å²) in [7, 11) is 5.95. The van der Waals surface area contributed by atoms with E-state index in [-0.39, 0.29) is 5.91 Å². The minimum atomic E-state index is -0.0463. The SMILES string of the molecule is COc1ccccc1C(=O)NCC1CCC(C(c2ccccc2)N(C)C)CC1. The summed E-state index contributed by atoms with van der Waals surface area (Å²) in [5.41, 5.74) is 2.01. The third kappa shape index (κ3) is 4.93. The molecular formula is C24H32N2O2. The summed E-state index contributed by atoms with van der Waals surface area (Å²) < 4.78 is 5.30. The second kappa shape index (κ2) is 9.74. The number of carbonyl (C=O) groups excluding carboxylic acids is 1. The third-order valence-corrected chi connectivity index (χ3v) is 5.94.